The van der Waals surface area contributed by atoms with E-state index in [4.69, 9.17) is 0 Å². The van der Waals surface area contributed by atoms with Gasteiger partial charge >= 0.3 is 0 Å². The Kier molecular flexibility index (Phi) is 3.13. The maximum Gasteiger partial charge on any atom is 0.256 e. The van der Waals surface area contributed by atoms with E-state index < -0.39 is 0 Å². The van der Waals surface area contributed by atoms with Crippen LogP contribution in [0.25, 0.3) is 22.6 Å². The molecular formula is C19H12N2O3. The SMILES string of the molecule is O=Cc1ccc2c(c1)C(=Cc1ccc(O)c3ncccc13)C(=O)N2. The zero-order valence-corrected chi connectivity index (χ0v) is 12.5. The number of anilines is 1. The van der Waals surface area contributed by atoms with Crippen LogP contribution in [-0.4, -0.2) is 22.3 Å². The van der Waals surface area contributed by atoms with Crippen LogP contribution in [-0.2, 0) is 4.79 Å². The van der Waals surface area contributed by atoms with E-state index in [-0.39, 0.29) is 11.7 Å². The Hall–Kier alpha value is -3.47. The second-order valence-electron chi connectivity index (χ2n) is 5.51. The first-order valence-electron chi connectivity index (χ1n) is 7.37. The molecule has 1 aliphatic rings. The van der Waals surface area contributed by atoms with Gasteiger partial charge in [-0.05, 0) is 42.0 Å². The highest BCUT2D eigenvalue weighted by Crippen LogP contribution is 2.35. The fourth-order valence-corrected chi connectivity index (χ4v) is 2.88. The summed E-state index contributed by atoms with van der Waals surface area (Å²) in [5.41, 5.74) is 3.60. The second-order valence-corrected chi connectivity index (χ2v) is 5.51. The molecule has 5 nitrogen and oxygen atoms in total. The molecule has 2 heterocycles. The number of rotatable bonds is 2. The number of nitrogens with one attached hydrogen (secondary N) is 1. The number of fused-ring (bicyclic) bond motifs is 2. The predicted molar refractivity (Wildman–Crippen MR) is 91.7 cm³/mol. The van der Waals surface area contributed by atoms with E-state index in [1.54, 1.807) is 48.7 Å². The van der Waals surface area contributed by atoms with Gasteiger partial charge in [-0.2, -0.15) is 0 Å². The molecule has 1 amide bonds. The van der Waals surface area contributed by atoms with Crippen molar-refractivity contribution in [3.8, 4) is 5.75 Å². The van der Waals surface area contributed by atoms with Crippen molar-refractivity contribution < 1.29 is 14.7 Å². The van der Waals surface area contributed by atoms with Crippen molar-refractivity contribution in [1.82, 2.24) is 4.98 Å². The van der Waals surface area contributed by atoms with Gasteiger partial charge in [0.05, 0.1) is 0 Å². The number of phenols is 1. The van der Waals surface area contributed by atoms with E-state index in [0.29, 0.717) is 27.9 Å². The Morgan fingerprint density at radius 2 is 2.00 bits per heavy atom. The van der Waals surface area contributed by atoms with Crippen LogP contribution in [0.5, 0.6) is 5.75 Å². The number of benzene rings is 2. The second kappa shape index (κ2) is 5.31. The van der Waals surface area contributed by atoms with E-state index in [1.807, 2.05) is 6.07 Å². The number of hydrogen-bond donors (Lipinski definition) is 2. The molecule has 0 fully saturated rings. The topological polar surface area (TPSA) is 79.3 Å². The fourth-order valence-electron chi connectivity index (χ4n) is 2.88. The molecule has 0 saturated heterocycles. The number of pyridine rings is 1. The van der Waals surface area contributed by atoms with E-state index in [0.717, 1.165) is 17.2 Å². The lowest BCUT2D eigenvalue weighted by Crippen LogP contribution is -2.03. The summed E-state index contributed by atoms with van der Waals surface area (Å²) in [6, 6.07) is 12.0. The van der Waals surface area contributed by atoms with Crippen molar-refractivity contribution in [2.24, 2.45) is 0 Å². The van der Waals surface area contributed by atoms with Gasteiger partial charge < -0.3 is 10.4 Å². The van der Waals surface area contributed by atoms with Crippen LogP contribution < -0.4 is 5.32 Å². The van der Waals surface area contributed by atoms with Crippen molar-refractivity contribution >= 4 is 40.4 Å². The summed E-state index contributed by atoms with van der Waals surface area (Å²) in [4.78, 5) is 27.5. The van der Waals surface area contributed by atoms with Crippen LogP contribution in [0.15, 0.2) is 48.7 Å². The molecule has 0 saturated carbocycles. The molecule has 0 unspecified atom stereocenters. The smallest absolute Gasteiger partial charge is 0.256 e. The zero-order chi connectivity index (χ0) is 16.7. The van der Waals surface area contributed by atoms with Crippen LogP contribution in [0.4, 0.5) is 5.69 Å². The standard InChI is InChI=1S/C19H12N2O3/c22-10-11-3-5-16-14(8-11)15(19(24)21-16)9-12-4-6-17(23)18-13(12)2-1-7-20-18/h1-10,23H,(H,21,24). The van der Waals surface area contributed by atoms with Crippen molar-refractivity contribution in [3.63, 3.8) is 0 Å². The summed E-state index contributed by atoms with van der Waals surface area (Å²) < 4.78 is 0. The highest BCUT2D eigenvalue weighted by atomic mass is 16.3. The van der Waals surface area contributed by atoms with E-state index in [1.165, 1.54) is 0 Å². The van der Waals surface area contributed by atoms with Crippen LogP contribution in [0.1, 0.15) is 21.5 Å². The maximum absolute atomic E-state index is 12.3. The maximum atomic E-state index is 12.3. The summed E-state index contributed by atoms with van der Waals surface area (Å²) in [6.45, 7) is 0. The molecule has 0 radical (unpaired) electrons. The Morgan fingerprint density at radius 3 is 2.83 bits per heavy atom. The molecule has 1 aromatic heterocycles. The molecule has 0 atom stereocenters. The molecule has 2 N–H and O–H groups in total. The number of carbonyl (C=O) groups is 2. The Labute approximate surface area is 137 Å². The number of aromatic nitrogens is 1. The molecular weight excluding hydrogens is 304 g/mol. The lowest BCUT2D eigenvalue weighted by molar-refractivity contribution is -0.110. The van der Waals surface area contributed by atoms with Gasteiger partial charge in [0.2, 0.25) is 0 Å². The normalized spacial score (nSPS) is 14.7. The zero-order valence-electron chi connectivity index (χ0n) is 12.5. The van der Waals surface area contributed by atoms with Crippen LogP contribution in [0, 0.1) is 0 Å². The number of aromatic hydroxyl groups is 1. The number of phenolic OH excluding ortho intramolecular Hbond substituents is 1. The molecule has 4 rings (SSSR count). The largest absolute Gasteiger partial charge is 0.506 e. The van der Waals surface area contributed by atoms with Gasteiger partial charge in [-0.1, -0.05) is 12.1 Å². The lowest BCUT2D eigenvalue weighted by Gasteiger charge is -2.05. The Morgan fingerprint density at radius 1 is 1.12 bits per heavy atom. The first kappa shape index (κ1) is 14.1. The molecule has 1 aliphatic heterocycles. The fraction of sp³-hybridized carbons (Fsp3) is 0. The number of amides is 1. The minimum absolute atomic E-state index is 0.0901. The van der Waals surface area contributed by atoms with E-state index in [9.17, 15) is 14.7 Å². The predicted octanol–water partition coefficient (Wildman–Crippen LogP) is 3.25. The van der Waals surface area contributed by atoms with Crippen molar-refractivity contribution in [1.29, 1.82) is 0 Å². The van der Waals surface area contributed by atoms with Crippen LogP contribution >= 0.6 is 0 Å². The quantitative estimate of drug-likeness (QED) is 0.562. The van der Waals surface area contributed by atoms with Gasteiger partial charge in [0, 0.05) is 34.0 Å². The van der Waals surface area contributed by atoms with Crippen LogP contribution in [0.3, 0.4) is 0 Å². The minimum Gasteiger partial charge on any atom is -0.506 e. The third-order valence-corrected chi connectivity index (χ3v) is 4.04. The van der Waals surface area contributed by atoms with Gasteiger partial charge in [-0.25, -0.2) is 0 Å². The summed E-state index contributed by atoms with van der Waals surface area (Å²) in [5, 5.41) is 13.5. The molecule has 0 aliphatic carbocycles. The average molecular weight is 316 g/mol. The van der Waals surface area contributed by atoms with E-state index >= 15 is 0 Å². The number of aldehydes is 1. The lowest BCUT2D eigenvalue weighted by atomic mass is 10.00. The van der Waals surface area contributed by atoms with Gasteiger partial charge in [0.1, 0.15) is 17.6 Å². The molecule has 2 aromatic carbocycles. The molecule has 116 valence electrons. The third kappa shape index (κ3) is 2.14. The molecule has 5 heteroatoms. The number of carbonyl (C=O) groups excluding carboxylic acids is 2. The van der Waals surface area contributed by atoms with Crippen molar-refractivity contribution in [2.75, 3.05) is 5.32 Å². The Bertz CT molecular complexity index is 1040. The summed E-state index contributed by atoms with van der Waals surface area (Å²) in [6.07, 6.45) is 4.10. The van der Waals surface area contributed by atoms with E-state index in [2.05, 4.69) is 10.3 Å². The van der Waals surface area contributed by atoms with Crippen molar-refractivity contribution in [3.05, 3.63) is 65.4 Å². The molecule has 24 heavy (non-hydrogen) atoms. The first-order chi connectivity index (χ1) is 11.7. The van der Waals surface area contributed by atoms with Gasteiger partial charge in [-0.3, -0.25) is 14.6 Å². The number of nitrogens with zero attached hydrogens (tertiary/aromatic N) is 1. The molecule has 0 bridgehead atoms. The third-order valence-electron chi connectivity index (χ3n) is 4.04. The summed E-state index contributed by atoms with van der Waals surface area (Å²) >= 11 is 0. The molecule has 3 aromatic rings. The van der Waals surface area contributed by atoms with Crippen molar-refractivity contribution in [2.45, 2.75) is 0 Å². The van der Waals surface area contributed by atoms with Gasteiger partial charge in [-0.15, -0.1) is 0 Å². The highest BCUT2D eigenvalue weighted by molar-refractivity contribution is 6.35. The molecule has 0 spiro atoms. The average Bonchev–Trinajstić information content (AvgIpc) is 2.92. The highest BCUT2D eigenvalue weighted by Gasteiger charge is 2.24. The van der Waals surface area contributed by atoms with Gasteiger partial charge in [0.25, 0.3) is 5.91 Å². The monoisotopic (exact) mass is 316 g/mol. The summed E-state index contributed by atoms with van der Waals surface area (Å²) in [7, 11) is 0. The van der Waals surface area contributed by atoms with Gasteiger partial charge in [0.15, 0.2) is 0 Å². The summed E-state index contributed by atoms with van der Waals surface area (Å²) in [5.74, 6) is -0.134. The Balaban J connectivity index is 1.93. The first-order valence-corrected chi connectivity index (χ1v) is 7.37. The number of hydrogen-bond acceptors (Lipinski definition) is 4. The minimum atomic E-state index is -0.224. The van der Waals surface area contributed by atoms with Crippen LogP contribution in [0.2, 0.25) is 0 Å².